The second kappa shape index (κ2) is 37.7. The van der Waals surface area contributed by atoms with Crippen LogP contribution in [-0.2, 0) is 32.7 Å². The number of quaternary nitrogens is 1. The molecule has 0 fully saturated rings. The van der Waals surface area contributed by atoms with Gasteiger partial charge in [-0.2, -0.15) is 0 Å². The van der Waals surface area contributed by atoms with Crippen molar-refractivity contribution in [2.75, 3.05) is 47.5 Å². The van der Waals surface area contributed by atoms with Gasteiger partial charge in [-0.15, -0.1) is 0 Å². The molecule has 328 valence electrons. The van der Waals surface area contributed by atoms with E-state index in [0.717, 1.165) is 51.4 Å². The summed E-state index contributed by atoms with van der Waals surface area (Å²) in [5, 5.41) is 9.77. The van der Waals surface area contributed by atoms with Crippen LogP contribution in [0.1, 0.15) is 149 Å². The molecule has 0 aromatic carbocycles. The molecule has 0 amide bonds. The van der Waals surface area contributed by atoms with E-state index in [1.807, 2.05) is 70.6 Å². The largest absolute Gasteiger partial charge is 0.472 e. The summed E-state index contributed by atoms with van der Waals surface area (Å²) < 4.78 is 34.2. The highest BCUT2D eigenvalue weighted by Crippen LogP contribution is 2.43. The van der Waals surface area contributed by atoms with Gasteiger partial charge in [-0.3, -0.25) is 18.6 Å². The molecule has 57 heavy (non-hydrogen) atoms. The number of carbonyl (C=O) groups excluding carboxylic acids is 2. The third-order valence-corrected chi connectivity index (χ3v) is 9.78. The van der Waals surface area contributed by atoms with Crippen LogP contribution in [0.2, 0.25) is 0 Å². The molecule has 0 aromatic heterocycles. The van der Waals surface area contributed by atoms with Gasteiger partial charge in [-0.05, 0) is 70.6 Å². The minimum atomic E-state index is -4.40. The summed E-state index contributed by atoms with van der Waals surface area (Å²) in [6.07, 6.45) is 43.0. The number of aliphatic hydroxyl groups is 1. The normalized spacial score (nSPS) is 14.9. The van der Waals surface area contributed by atoms with Crippen molar-refractivity contribution in [2.45, 2.75) is 161 Å². The summed E-state index contributed by atoms with van der Waals surface area (Å²) >= 11 is 0. The van der Waals surface area contributed by atoms with E-state index < -0.39 is 38.6 Å². The van der Waals surface area contributed by atoms with Crippen LogP contribution < -0.4 is 0 Å². The van der Waals surface area contributed by atoms with Gasteiger partial charge in [0.2, 0.25) is 0 Å². The van der Waals surface area contributed by atoms with Crippen molar-refractivity contribution in [1.82, 2.24) is 0 Å². The van der Waals surface area contributed by atoms with Gasteiger partial charge in [-0.25, -0.2) is 4.57 Å². The molecular weight excluding hydrogens is 741 g/mol. The molecule has 11 heteroatoms. The Kier molecular flexibility index (Phi) is 36.0. The van der Waals surface area contributed by atoms with E-state index in [0.29, 0.717) is 36.7 Å². The second-order valence-electron chi connectivity index (χ2n) is 15.5. The molecule has 0 aromatic rings. The Morgan fingerprint density at radius 2 is 1.21 bits per heavy atom. The highest BCUT2D eigenvalue weighted by atomic mass is 31.2. The molecule has 2 unspecified atom stereocenters. The Labute approximate surface area is 347 Å². The number of phosphoric ester groups is 1. The first-order chi connectivity index (χ1) is 27.4. The first-order valence-electron chi connectivity index (χ1n) is 21.8. The molecule has 10 nitrogen and oxygen atoms in total. The lowest BCUT2D eigenvalue weighted by molar-refractivity contribution is -0.870. The van der Waals surface area contributed by atoms with Crippen LogP contribution in [0.5, 0.6) is 0 Å². The summed E-state index contributed by atoms with van der Waals surface area (Å²) in [7, 11) is 1.40. The Balaban J connectivity index is 4.53. The monoisotopic (exact) mass is 823 g/mol. The summed E-state index contributed by atoms with van der Waals surface area (Å²) in [4.78, 5) is 35.3. The zero-order chi connectivity index (χ0) is 42.3. The van der Waals surface area contributed by atoms with Crippen LogP contribution in [-0.4, -0.2) is 86.1 Å². The third-order valence-electron chi connectivity index (χ3n) is 8.80. The third kappa shape index (κ3) is 41.4. The van der Waals surface area contributed by atoms with E-state index in [9.17, 15) is 24.2 Å². The summed E-state index contributed by atoms with van der Waals surface area (Å²) in [6, 6.07) is 0. The number of hydrogen-bond donors (Lipinski definition) is 2. The quantitative estimate of drug-likeness (QED) is 0.0156. The second-order valence-corrected chi connectivity index (χ2v) is 17.0. The van der Waals surface area contributed by atoms with Gasteiger partial charge in [0.05, 0.1) is 33.9 Å². The van der Waals surface area contributed by atoms with Crippen molar-refractivity contribution in [2.24, 2.45) is 0 Å². The Morgan fingerprint density at radius 1 is 0.649 bits per heavy atom. The number of aliphatic hydroxyl groups excluding tert-OH is 1. The van der Waals surface area contributed by atoms with Crippen molar-refractivity contribution >= 4 is 19.8 Å². The van der Waals surface area contributed by atoms with Gasteiger partial charge in [0.15, 0.2) is 6.10 Å². The SMILES string of the molecule is CC/C=C\C(O)C/C=C/C=C\C/C=C\C/C=C\CCCC(=O)O[C@H](COC(=O)CCCCCCC/C=C\CCCCCCCC)COP(=O)(O)OCC[N+](C)(C)C. The number of unbranched alkanes of at least 4 members (excludes halogenated alkanes) is 12. The lowest BCUT2D eigenvalue weighted by Gasteiger charge is -2.24. The standard InChI is InChI=1S/C46H80NO9P/c1-6-8-10-11-12-13-14-15-16-17-21-24-27-30-33-37-45(49)53-41-44(42-55-57(51,52)54-40-39-47(3,4)5)56-46(50)38-34-31-28-25-22-19-18-20-23-26-29-32-36-43(48)35-9-7-2/h9,15-16,18-19,23,25-26,28-29,32,35,43-44,48H,6-8,10-14,17,20-22,24,27,30-31,33-34,36-42H2,1-5H3/p+1/b16-15-,19-18-,26-23-,28-25-,32-29+,35-9-/t43?,44-/m1/s1. The summed E-state index contributed by atoms with van der Waals surface area (Å²) in [5.74, 6) is -0.907. The first-order valence-corrected chi connectivity index (χ1v) is 23.3. The fourth-order valence-corrected chi connectivity index (χ4v) is 6.10. The zero-order valence-electron chi connectivity index (χ0n) is 36.4. The Morgan fingerprint density at radius 3 is 1.88 bits per heavy atom. The van der Waals surface area contributed by atoms with E-state index in [4.69, 9.17) is 18.5 Å². The average Bonchev–Trinajstić information content (AvgIpc) is 3.16. The number of esters is 2. The zero-order valence-corrected chi connectivity index (χ0v) is 37.3. The van der Waals surface area contributed by atoms with E-state index >= 15 is 0 Å². The molecule has 0 rings (SSSR count). The molecule has 3 atom stereocenters. The smallest absolute Gasteiger partial charge is 0.462 e. The molecule has 0 heterocycles. The maximum atomic E-state index is 12.7. The molecule has 0 aliphatic heterocycles. The predicted molar refractivity (Wildman–Crippen MR) is 235 cm³/mol. The van der Waals surface area contributed by atoms with Crippen LogP contribution in [0.15, 0.2) is 72.9 Å². The van der Waals surface area contributed by atoms with E-state index in [2.05, 4.69) is 37.3 Å². The van der Waals surface area contributed by atoms with Crippen LogP contribution in [0, 0.1) is 0 Å². The van der Waals surface area contributed by atoms with Crippen molar-refractivity contribution in [3.05, 3.63) is 72.9 Å². The number of hydrogen-bond acceptors (Lipinski definition) is 8. The molecule has 2 N–H and O–H groups in total. The molecule has 0 aliphatic carbocycles. The minimum Gasteiger partial charge on any atom is -0.462 e. The molecular formula is C46H81NO9P+. The van der Waals surface area contributed by atoms with Crippen molar-refractivity contribution in [3.8, 4) is 0 Å². The van der Waals surface area contributed by atoms with E-state index in [1.165, 1.54) is 44.9 Å². The highest BCUT2D eigenvalue weighted by Gasteiger charge is 2.27. The minimum absolute atomic E-state index is 0.00863. The van der Waals surface area contributed by atoms with Crippen LogP contribution in [0.3, 0.4) is 0 Å². The summed E-state index contributed by atoms with van der Waals surface area (Å²) in [5.41, 5.74) is 0. The van der Waals surface area contributed by atoms with E-state index in [1.54, 1.807) is 0 Å². The van der Waals surface area contributed by atoms with Gasteiger partial charge in [0.1, 0.15) is 19.8 Å². The number of allylic oxidation sites excluding steroid dienone is 10. The number of rotatable bonds is 38. The molecule has 0 saturated carbocycles. The van der Waals surface area contributed by atoms with Crippen LogP contribution >= 0.6 is 7.82 Å². The fourth-order valence-electron chi connectivity index (χ4n) is 5.36. The number of likely N-dealkylation sites (N-methyl/N-ethyl adjacent to an activating group) is 1. The number of phosphoric acid groups is 1. The molecule has 0 radical (unpaired) electrons. The predicted octanol–water partition coefficient (Wildman–Crippen LogP) is 11.2. The number of carbonyl (C=O) groups is 2. The maximum Gasteiger partial charge on any atom is 0.472 e. The molecule has 0 aliphatic rings. The highest BCUT2D eigenvalue weighted by molar-refractivity contribution is 7.47. The van der Waals surface area contributed by atoms with Gasteiger partial charge >= 0.3 is 19.8 Å². The number of nitrogens with zero attached hydrogens (tertiary/aromatic N) is 1. The Hall–Kier alpha value is -2.59. The van der Waals surface area contributed by atoms with Gasteiger partial charge in [-0.1, -0.05) is 138 Å². The summed E-state index contributed by atoms with van der Waals surface area (Å²) in [6.45, 7) is 4.07. The number of ether oxygens (including phenoxy) is 2. The van der Waals surface area contributed by atoms with Crippen LogP contribution in [0.25, 0.3) is 0 Å². The first kappa shape index (κ1) is 54.4. The van der Waals surface area contributed by atoms with Crippen molar-refractivity contribution in [3.63, 3.8) is 0 Å². The van der Waals surface area contributed by atoms with Gasteiger partial charge in [0, 0.05) is 12.8 Å². The fraction of sp³-hybridized carbons (Fsp3) is 0.696. The van der Waals surface area contributed by atoms with Crippen LogP contribution in [0.4, 0.5) is 0 Å². The van der Waals surface area contributed by atoms with Crippen molar-refractivity contribution in [1.29, 1.82) is 0 Å². The maximum absolute atomic E-state index is 12.7. The topological polar surface area (TPSA) is 129 Å². The average molecular weight is 823 g/mol. The van der Waals surface area contributed by atoms with E-state index in [-0.39, 0.29) is 26.1 Å². The van der Waals surface area contributed by atoms with Gasteiger partial charge < -0.3 is 24.0 Å². The molecule has 0 bridgehead atoms. The molecule has 0 spiro atoms. The lowest BCUT2D eigenvalue weighted by Crippen LogP contribution is -2.37. The Bertz CT molecular complexity index is 1220. The molecule has 0 saturated heterocycles. The lowest BCUT2D eigenvalue weighted by atomic mass is 10.1. The van der Waals surface area contributed by atoms with Crippen molar-refractivity contribution < 1.29 is 47.2 Å². The van der Waals surface area contributed by atoms with Gasteiger partial charge in [0.25, 0.3) is 0 Å².